The molecule has 96 valence electrons. The van der Waals surface area contributed by atoms with Crippen molar-refractivity contribution in [1.82, 2.24) is 19.3 Å². The molecule has 0 amide bonds. The van der Waals surface area contributed by atoms with E-state index in [9.17, 15) is 4.79 Å². The minimum Gasteiger partial charge on any atom is -0.476 e. The predicted molar refractivity (Wildman–Crippen MR) is 65.9 cm³/mol. The zero-order valence-corrected chi connectivity index (χ0v) is 10.8. The Morgan fingerprint density at radius 2 is 2.28 bits per heavy atom. The smallest absolute Gasteiger partial charge is 0.356 e. The van der Waals surface area contributed by atoms with Gasteiger partial charge in [0.05, 0.1) is 29.3 Å². The minimum absolute atomic E-state index is 0.0176. The molecule has 1 N–H and O–H groups in total. The Kier molecular flexibility index (Phi) is 3.38. The molecule has 0 aliphatic rings. The molecule has 0 aliphatic heterocycles. The number of carboxylic acids is 1. The summed E-state index contributed by atoms with van der Waals surface area (Å²) >= 11 is 6.22. The molecular formula is C11H13ClN4O2. The van der Waals surface area contributed by atoms with Gasteiger partial charge in [0.2, 0.25) is 0 Å². The lowest BCUT2D eigenvalue weighted by atomic mass is 10.3. The Morgan fingerprint density at radius 1 is 1.56 bits per heavy atom. The van der Waals surface area contributed by atoms with Crippen molar-refractivity contribution < 1.29 is 9.90 Å². The number of hydrogen-bond donors (Lipinski definition) is 1. The molecule has 7 heteroatoms. The van der Waals surface area contributed by atoms with E-state index in [0.717, 1.165) is 17.8 Å². The molecule has 0 saturated heterocycles. The first-order chi connectivity index (χ1) is 8.52. The molecule has 0 saturated carbocycles. The molecular weight excluding hydrogens is 256 g/mol. The summed E-state index contributed by atoms with van der Waals surface area (Å²) in [5.74, 6) is -1.04. The molecule has 0 aromatic carbocycles. The monoisotopic (exact) mass is 268 g/mol. The number of carbonyl (C=O) groups is 1. The van der Waals surface area contributed by atoms with Crippen LogP contribution in [-0.4, -0.2) is 30.4 Å². The van der Waals surface area contributed by atoms with E-state index in [1.54, 1.807) is 9.25 Å². The maximum atomic E-state index is 10.7. The number of rotatable bonds is 4. The predicted octanol–water partition coefficient (Wildman–Crippen LogP) is 1.58. The summed E-state index contributed by atoms with van der Waals surface area (Å²) in [5, 5.41) is 13.7. The molecule has 0 aliphatic carbocycles. The van der Waals surface area contributed by atoms with E-state index in [1.807, 2.05) is 14.0 Å². The van der Waals surface area contributed by atoms with Crippen molar-refractivity contribution in [3.63, 3.8) is 0 Å². The number of imidazole rings is 1. The van der Waals surface area contributed by atoms with Gasteiger partial charge in [0, 0.05) is 13.2 Å². The van der Waals surface area contributed by atoms with E-state index in [4.69, 9.17) is 16.7 Å². The van der Waals surface area contributed by atoms with Crippen LogP contribution in [0.15, 0.2) is 12.5 Å². The second-order valence-corrected chi connectivity index (χ2v) is 4.30. The number of hydrogen-bond acceptors (Lipinski definition) is 3. The molecule has 2 heterocycles. The summed E-state index contributed by atoms with van der Waals surface area (Å²) in [4.78, 5) is 14.5. The lowest BCUT2D eigenvalue weighted by Crippen LogP contribution is -2.04. The van der Waals surface area contributed by atoms with Crippen molar-refractivity contribution in [2.45, 2.75) is 19.9 Å². The summed E-state index contributed by atoms with van der Waals surface area (Å²) in [6.45, 7) is 2.43. The Balaban J connectivity index is 2.28. The van der Waals surface area contributed by atoms with Crippen LogP contribution in [0.4, 0.5) is 0 Å². The van der Waals surface area contributed by atoms with E-state index >= 15 is 0 Å². The molecule has 0 bridgehead atoms. The number of halogens is 1. The van der Waals surface area contributed by atoms with E-state index in [1.165, 1.54) is 12.5 Å². The molecule has 2 aromatic rings. The zero-order valence-electron chi connectivity index (χ0n) is 10.1. The third-order valence-corrected chi connectivity index (χ3v) is 3.12. The summed E-state index contributed by atoms with van der Waals surface area (Å²) < 4.78 is 3.38. The summed E-state index contributed by atoms with van der Waals surface area (Å²) in [6.07, 6.45) is 3.70. The average Bonchev–Trinajstić information content (AvgIpc) is 2.89. The van der Waals surface area contributed by atoms with Crippen LogP contribution in [0.2, 0.25) is 5.02 Å². The molecule has 0 spiro atoms. The van der Waals surface area contributed by atoms with Gasteiger partial charge in [-0.2, -0.15) is 5.10 Å². The average molecular weight is 269 g/mol. The van der Waals surface area contributed by atoms with Crippen LogP contribution >= 0.6 is 11.6 Å². The largest absolute Gasteiger partial charge is 0.476 e. The number of aromatic carboxylic acids is 1. The van der Waals surface area contributed by atoms with Crippen molar-refractivity contribution in [2.24, 2.45) is 7.05 Å². The Labute approximate surface area is 109 Å². The van der Waals surface area contributed by atoms with E-state index in [2.05, 4.69) is 10.1 Å². The molecule has 0 radical (unpaired) electrons. The lowest BCUT2D eigenvalue weighted by Gasteiger charge is -2.03. The minimum atomic E-state index is -1.04. The van der Waals surface area contributed by atoms with Gasteiger partial charge < -0.3 is 9.67 Å². The van der Waals surface area contributed by atoms with Crippen LogP contribution in [0, 0.1) is 0 Å². The highest BCUT2D eigenvalue weighted by atomic mass is 35.5. The zero-order chi connectivity index (χ0) is 13.3. The van der Waals surface area contributed by atoms with Gasteiger partial charge in [0.1, 0.15) is 0 Å². The summed E-state index contributed by atoms with van der Waals surface area (Å²) in [7, 11) is 1.81. The van der Waals surface area contributed by atoms with Crippen LogP contribution in [0.3, 0.4) is 0 Å². The highest BCUT2D eigenvalue weighted by molar-refractivity contribution is 6.31. The maximum Gasteiger partial charge on any atom is 0.356 e. The van der Waals surface area contributed by atoms with E-state index in [0.29, 0.717) is 11.6 Å². The van der Waals surface area contributed by atoms with Crippen LogP contribution < -0.4 is 0 Å². The van der Waals surface area contributed by atoms with Crippen LogP contribution in [0.25, 0.3) is 0 Å². The van der Waals surface area contributed by atoms with Gasteiger partial charge in [-0.25, -0.2) is 9.78 Å². The van der Waals surface area contributed by atoms with Crippen molar-refractivity contribution >= 4 is 17.6 Å². The third-order valence-electron chi connectivity index (χ3n) is 2.69. The molecule has 0 atom stereocenters. The van der Waals surface area contributed by atoms with Crippen molar-refractivity contribution in [1.29, 1.82) is 0 Å². The molecule has 0 unspecified atom stereocenters. The number of nitrogens with zero attached hydrogens (tertiary/aromatic N) is 4. The Bertz CT molecular complexity index is 588. The Hall–Kier alpha value is -1.82. The molecule has 18 heavy (non-hydrogen) atoms. The topological polar surface area (TPSA) is 72.9 Å². The molecule has 0 fully saturated rings. The number of aryl methyl sites for hydroxylation is 2. The van der Waals surface area contributed by atoms with Crippen molar-refractivity contribution in [2.75, 3.05) is 0 Å². The van der Waals surface area contributed by atoms with Crippen LogP contribution in [0.5, 0.6) is 0 Å². The first kappa shape index (κ1) is 12.6. The first-order valence-electron chi connectivity index (χ1n) is 5.48. The van der Waals surface area contributed by atoms with Gasteiger partial charge in [-0.3, -0.25) is 4.68 Å². The maximum absolute atomic E-state index is 10.7. The van der Waals surface area contributed by atoms with Gasteiger partial charge in [-0.1, -0.05) is 18.5 Å². The third kappa shape index (κ3) is 2.24. The number of carboxylic acid groups (broad SMARTS) is 1. The van der Waals surface area contributed by atoms with E-state index in [-0.39, 0.29) is 5.69 Å². The van der Waals surface area contributed by atoms with Crippen LogP contribution in [-0.2, 0) is 20.0 Å². The lowest BCUT2D eigenvalue weighted by molar-refractivity contribution is 0.0691. The van der Waals surface area contributed by atoms with E-state index < -0.39 is 5.97 Å². The first-order valence-corrected chi connectivity index (χ1v) is 5.86. The van der Waals surface area contributed by atoms with Gasteiger partial charge in [-0.05, 0) is 6.42 Å². The molecule has 6 nitrogen and oxygen atoms in total. The van der Waals surface area contributed by atoms with Crippen molar-refractivity contribution in [3.05, 3.63) is 34.6 Å². The second-order valence-electron chi connectivity index (χ2n) is 3.92. The number of aromatic nitrogens is 4. The highest BCUT2D eigenvalue weighted by Gasteiger charge is 2.14. The fourth-order valence-corrected chi connectivity index (χ4v) is 2.08. The SMILES string of the molecule is CCc1nn(C)c(Cn2cnc(C(=O)O)c2)c1Cl. The fraction of sp³-hybridized carbons (Fsp3) is 0.364. The van der Waals surface area contributed by atoms with Crippen molar-refractivity contribution in [3.8, 4) is 0 Å². The van der Waals surface area contributed by atoms with Gasteiger partial charge in [0.15, 0.2) is 5.69 Å². The highest BCUT2D eigenvalue weighted by Crippen LogP contribution is 2.21. The normalized spacial score (nSPS) is 10.8. The summed E-state index contributed by atoms with van der Waals surface area (Å²) in [5.41, 5.74) is 1.69. The molecule has 2 aromatic heterocycles. The Morgan fingerprint density at radius 3 is 2.78 bits per heavy atom. The van der Waals surface area contributed by atoms with Gasteiger partial charge in [0.25, 0.3) is 0 Å². The molecule has 2 rings (SSSR count). The van der Waals surface area contributed by atoms with Gasteiger partial charge in [-0.15, -0.1) is 0 Å². The summed E-state index contributed by atoms with van der Waals surface area (Å²) in [6, 6.07) is 0. The fourth-order valence-electron chi connectivity index (χ4n) is 1.72. The van der Waals surface area contributed by atoms with Gasteiger partial charge >= 0.3 is 5.97 Å². The quantitative estimate of drug-likeness (QED) is 0.914. The standard InChI is InChI=1S/C11H13ClN4O2/c1-3-7-10(12)9(15(2)14-7)5-16-4-8(11(17)18)13-6-16/h4,6H,3,5H2,1-2H3,(H,17,18). The second kappa shape index (κ2) is 4.81. The van der Waals surface area contributed by atoms with Crippen LogP contribution in [0.1, 0.15) is 28.8 Å².